The van der Waals surface area contributed by atoms with E-state index < -0.39 is 0 Å². The molecule has 0 saturated carbocycles. The van der Waals surface area contributed by atoms with Crippen LogP contribution < -0.4 is 5.32 Å². The van der Waals surface area contributed by atoms with Crippen LogP contribution in [0.4, 0.5) is 0 Å². The third kappa shape index (κ3) is 2.15. The van der Waals surface area contributed by atoms with Gasteiger partial charge in [-0.15, -0.1) is 0 Å². The van der Waals surface area contributed by atoms with Crippen molar-refractivity contribution in [3.8, 4) is 5.75 Å². The van der Waals surface area contributed by atoms with Crippen LogP contribution in [0.1, 0.15) is 23.3 Å². The molecule has 3 aliphatic heterocycles. The second kappa shape index (κ2) is 4.73. The Balaban J connectivity index is 1.57. The molecule has 110 valence electrons. The molecule has 3 N–H and O–H groups in total. The molecular formula is C15H18N4O2. The normalized spacial score (nSPS) is 27.9. The van der Waals surface area contributed by atoms with Crippen molar-refractivity contribution in [2.75, 3.05) is 19.6 Å². The molecule has 0 spiro atoms. The van der Waals surface area contributed by atoms with E-state index in [1.54, 1.807) is 18.2 Å². The van der Waals surface area contributed by atoms with Crippen LogP contribution in [0.5, 0.6) is 5.75 Å². The first-order chi connectivity index (χ1) is 10.2. The summed E-state index contributed by atoms with van der Waals surface area (Å²) < 4.78 is 0. The first kappa shape index (κ1) is 12.6. The van der Waals surface area contributed by atoms with E-state index in [9.17, 15) is 9.90 Å². The number of aromatic hydroxyl groups is 1. The van der Waals surface area contributed by atoms with Crippen molar-refractivity contribution in [2.24, 2.45) is 5.92 Å². The molecule has 6 heteroatoms. The van der Waals surface area contributed by atoms with Gasteiger partial charge in [0.15, 0.2) is 5.69 Å². The SMILES string of the molecule is O=C(N[C@@H]1CN2CCC1CC2)c1n[nH]c2ccc(O)cc12. The molecule has 0 aliphatic carbocycles. The van der Waals surface area contributed by atoms with Crippen LogP contribution in [-0.2, 0) is 0 Å². The van der Waals surface area contributed by atoms with Crippen LogP contribution in [0.2, 0.25) is 0 Å². The van der Waals surface area contributed by atoms with E-state index in [4.69, 9.17) is 0 Å². The molecule has 1 amide bonds. The summed E-state index contributed by atoms with van der Waals surface area (Å²) in [5.41, 5.74) is 1.12. The fourth-order valence-electron chi connectivity index (χ4n) is 3.54. The topological polar surface area (TPSA) is 81.2 Å². The Bertz CT molecular complexity index is 688. The number of fused-ring (bicyclic) bond motifs is 4. The van der Waals surface area contributed by atoms with Gasteiger partial charge in [-0.2, -0.15) is 5.10 Å². The van der Waals surface area contributed by atoms with Gasteiger partial charge in [0.25, 0.3) is 5.91 Å². The zero-order chi connectivity index (χ0) is 14.4. The monoisotopic (exact) mass is 286 g/mol. The average Bonchev–Trinajstić information content (AvgIpc) is 2.91. The summed E-state index contributed by atoms with van der Waals surface area (Å²) in [5, 5.41) is 20.3. The van der Waals surface area contributed by atoms with E-state index in [1.807, 2.05) is 0 Å². The van der Waals surface area contributed by atoms with Crippen molar-refractivity contribution in [2.45, 2.75) is 18.9 Å². The molecule has 3 saturated heterocycles. The molecule has 21 heavy (non-hydrogen) atoms. The van der Waals surface area contributed by atoms with Crippen LogP contribution in [0.15, 0.2) is 18.2 Å². The first-order valence-electron chi connectivity index (χ1n) is 7.41. The molecular weight excluding hydrogens is 268 g/mol. The number of benzene rings is 1. The first-order valence-corrected chi connectivity index (χ1v) is 7.41. The number of nitrogens with one attached hydrogen (secondary N) is 2. The lowest BCUT2D eigenvalue weighted by atomic mass is 9.84. The molecule has 2 aromatic rings. The number of rotatable bonds is 2. The van der Waals surface area contributed by atoms with E-state index in [1.165, 1.54) is 0 Å². The number of H-pyrrole nitrogens is 1. The predicted octanol–water partition coefficient (Wildman–Crippen LogP) is 1.09. The number of carbonyl (C=O) groups is 1. The van der Waals surface area contributed by atoms with Gasteiger partial charge in [-0.1, -0.05) is 0 Å². The van der Waals surface area contributed by atoms with Gasteiger partial charge in [0, 0.05) is 18.0 Å². The Hall–Kier alpha value is -2.08. The number of nitrogens with zero attached hydrogens (tertiary/aromatic N) is 2. The highest BCUT2D eigenvalue weighted by Gasteiger charge is 2.35. The maximum absolute atomic E-state index is 12.5. The van der Waals surface area contributed by atoms with Crippen LogP contribution in [0.3, 0.4) is 0 Å². The van der Waals surface area contributed by atoms with Crippen molar-refractivity contribution < 1.29 is 9.90 Å². The quantitative estimate of drug-likeness (QED) is 0.772. The van der Waals surface area contributed by atoms with Crippen molar-refractivity contribution in [3.63, 3.8) is 0 Å². The van der Waals surface area contributed by atoms with Gasteiger partial charge < -0.3 is 15.3 Å². The van der Waals surface area contributed by atoms with Gasteiger partial charge >= 0.3 is 0 Å². The van der Waals surface area contributed by atoms with Crippen molar-refractivity contribution in [3.05, 3.63) is 23.9 Å². The van der Waals surface area contributed by atoms with E-state index in [-0.39, 0.29) is 17.7 Å². The lowest BCUT2D eigenvalue weighted by molar-refractivity contribution is 0.0618. The van der Waals surface area contributed by atoms with Gasteiger partial charge in [0.1, 0.15) is 5.75 Å². The third-order valence-corrected chi connectivity index (χ3v) is 4.73. The summed E-state index contributed by atoms with van der Waals surface area (Å²) in [6, 6.07) is 5.09. The number of hydrogen-bond donors (Lipinski definition) is 3. The number of aromatic nitrogens is 2. The number of phenolic OH excluding ortho intramolecular Hbond substituents is 1. The highest BCUT2D eigenvalue weighted by atomic mass is 16.3. The Morgan fingerprint density at radius 1 is 1.38 bits per heavy atom. The Morgan fingerprint density at radius 2 is 2.19 bits per heavy atom. The van der Waals surface area contributed by atoms with Crippen molar-refractivity contribution >= 4 is 16.8 Å². The minimum Gasteiger partial charge on any atom is -0.508 e. The summed E-state index contributed by atoms with van der Waals surface area (Å²) in [6.07, 6.45) is 2.32. The second-order valence-electron chi connectivity index (χ2n) is 6.02. The van der Waals surface area contributed by atoms with Crippen molar-refractivity contribution in [1.82, 2.24) is 20.4 Å². The lowest BCUT2D eigenvalue weighted by Crippen LogP contribution is -2.57. The van der Waals surface area contributed by atoms with E-state index in [2.05, 4.69) is 20.4 Å². The van der Waals surface area contributed by atoms with Crippen LogP contribution in [0, 0.1) is 5.92 Å². The van der Waals surface area contributed by atoms with Crippen LogP contribution >= 0.6 is 0 Å². The molecule has 4 heterocycles. The molecule has 0 unspecified atom stereocenters. The molecule has 0 radical (unpaired) electrons. The fourth-order valence-corrected chi connectivity index (χ4v) is 3.54. The Morgan fingerprint density at radius 3 is 2.90 bits per heavy atom. The summed E-state index contributed by atoms with van der Waals surface area (Å²) in [5.74, 6) is 0.559. The van der Waals surface area contributed by atoms with Gasteiger partial charge in [-0.25, -0.2) is 0 Å². The van der Waals surface area contributed by atoms with Gasteiger partial charge in [0.05, 0.1) is 5.52 Å². The second-order valence-corrected chi connectivity index (χ2v) is 6.02. The Kier molecular flexibility index (Phi) is 2.85. The zero-order valence-electron chi connectivity index (χ0n) is 11.7. The summed E-state index contributed by atoms with van der Waals surface area (Å²) in [4.78, 5) is 14.9. The smallest absolute Gasteiger partial charge is 0.272 e. The molecule has 5 rings (SSSR count). The van der Waals surface area contributed by atoms with Crippen LogP contribution in [0.25, 0.3) is 10.9 Å². The van der Waals surface area contributed by atoms with E-state index in [0.29, 0.717) is 17.0 Å². The molecule has 3 aliphatic rings. The molecule has 1 atom stereocenters. The fraction of sp³-hybridized carbons (Fsp3) is 0.467. The van der Waals surface area contributed by atoms with Gasteiger partial charge in [0.2, 0.25) is 0 Å². The maximum Gasteiger partial charge on any atom is 0.272 e. The number of amides is 1. The van der Waals surface area contributed by atoms with Crippen molar-refractivity contribution in [1.29, 1.82) is 0 Å². The summed E-state index contributed by atoms with van der Waals surface area (Å²) >= 11 is 0. The molecule has 6 nitrogen and oxygen atoms in total. The zero-order valence-corrected chi connectivity index (χ0v) is 11.7. The number of carbonyl (C=O) groups excluding carboxylic acids is 1. The molecule has 1 aromatic carbocycles. The maximum atomic E-state index is 12.5. The van der Waals surface area contributed by atoms with Gasteiger partial charge in [-0.3, -0.25) is 9.89 Å². The summed E-state index contributed by atoms with van der Waals surface area (Å²) in [7, 11) is 0. The number of hydrogen-bond acceptors (Lipinski definition) is 4. The molecule has 2 bridgehead atoms. The van der Waals surface area contributed by atoms with Crippen LogP contribution in [-0.4, -0.2) is 51.8 Å². The third-order valence-electron chi connectivity index (χ3n) is 4.73. The highest BCUT2D eigenvalue weighted by Crippen LogP contribution is 2.28. The van der Waals surface area contributed by atoms with Gasteiger partial charge in [-0.05, 0) is 50.0 Å². The minimum absolute atomic E-state index is 0.140. The highest BCUT2D eigenvalue weighted by molar-refractivity contribution is 6.05. The number of phenols is 1. The Labute approximate surface area is 122 Å². The number of aromatic amines is 1. The van der Waals surface area contributed by atoms with E-state index in [0.717, 1.165) is 38.0 Å². The predicted molar refractivity (Wildman–Crippen MR) is 78.2 cm³/mol. The largest absolute Gasteiger partial charge is 0.508 e. The standard InChI is InChI=1S/C15H18N4O2/c20-10-1-2-12-11(7-10)14(18-17-12)15(21)16-13-8-19-5-3-9(13)4-6-19/h1-2,7,9,13,20H,3-6,8H2,(H,16,21)(H,17,18)/t13-/m1/s1. The lowest BCUT2D eigenvalue weighted by Gasteiger charge is -2.44. The summed E-state index contributed by atoms with van der Waals surface area (Å²) in [6.45, 7) is 3.23. The van der Waals surface area contributed by atoms with E-state index >= 15 is 0 Å². The molecule has 3 fully saturated rings. The minimum atomic E-state index is -0.161. The molecule has 1 aromatic heterocycles. The average molecular weight is 286 g/mol. The number of piperidine rings is 3.